The third-order valence-electron chi connectivity index (χ3n) is 5.33. The van der Waals surface area contributed by atoms with Crippen molar-refractivity contribution in [2.75, 3.05) is 27.2 Å². The van der Waals surface area contributed by atoms with Crippen LogP contribution in [0, 0.1) is 17.8 Å². The van der Waals surface area contributed by atoms with Crippen molar-refractivity contribution in [2.45, 2.75) is 64.5 Å². The normalized spacial score (nSPS) is 12.3. The number of unbranched alkanes of at least 4 members (excludes halogenated alkanes) is 2. The highest BCUT2D eigenvalue weighted by Gasteiger charge is 2.28. The van der Waals surface area contributed by atoms with Gasteiger partial charge < -0.3 is 30.8 Å². The molecule has 0 aliphatic carbocycles. The van der Waals surface area contributed by atoms with E-state index in [1.165, 1.54) is 20.2 Å². The molecule has 0 aliphatic rings. The molecule has 0 radical (unpaired) electrons. The number of nitrogens with one attached hydrogen (secondary N) is 3. The Balaban J connectivity index is 2.65. The second kappa shape index (κ2) is 17.1. The molecule has 1 heterocycles. The van der Waals surface area contributed by atoms with Gasteiger partial charge in [0.25, 0.3) is 0 Å². The maximum absolute atomic E-state index is 13.0. The van der Waals surface area contributed by atoms with Gasteiger partial charge in [-0.3, -0.25) is 14.4 Å². The molecule has 11 nitrogen and oxygen atoms in total. The Morgan fingerprint density at radius 1 is 1.05 bits per heavy atom. The number of amides is 3. The molecule has 0 saturated carbocycles. The molecule has 0 aliphatic heterocycles. The summed E-state index contributed by atoms with van der Waals surface area (Å²) in [5, 5.41) is 17.2. The van der Waals surface area contributed by atoms with Crippen molar-refractivity contribution >= 4 is 31.3 Å². The van der Waals surface area contributed by atoms with E-state index in [9.17, 15) is 19.2 Å². The molecule has 202 valence electrons. The summed E-state index contributed by atoms with van der Waals surface area (Å²) in [6.45, 7) is 4.39. The molecule has 0 bridgehead atoms. The van der Waals surface area contributed by atoms with E-state index in [4.69, 9.17) is 5.11 Å². The topological polar surface area (TPSA) is 154 Å². The summed E-state index contributed by atoms with van der Waals surface area (Å²) in [5.41, 5.74) is 0.377. The Hall–Kier alpha value is -3.46. The van der Waals surface area contributed by atoms with Crippen LogP contribution in [-0.2, 0) is 19.2 Å². The van der Waals surface area contributed by atoms with Crippen LogP contribution in [0.25, 0.3) is 0 Å². The lowest BCUT2D eigenvalue weighted by atomic mass is 10.0. The van der Waals surface area contributed by atoms with Crippen molar-refractivity contribution in [3.63, 3.8) is 0 Å². The number of rotatable bonds is 15. The van der Waals surface area contributed by atoms with Crippen molar-refractivity contribution in [3.05, 3.63) is 18.0 Å². The van der Waals surface area contributed by atoms with E-state index in [2.05, 4.69) is 37.8 Å². The van der Waals surface area contributed by atoms with Gasteiger partial charge in [-0.1, -0.05) is 25.7 Å². The average molecular weight is 514 g/mol. The van der Waals surface area contributed by atoms with Gasteiger partial charge in [-0.05, 0) is 52.2 Å². The predicted molar refractivity (Wildman–Crippen MR) is 142 cm³/mol. The van der Waals surface area contributed by atoms with Gasteiger partial charge in [-0.25, -0.2) is 9.97 Å². The molecule has 1 aromatic rings. The fourth-order valence-corrected chi connectivity index (χ4v) is 3.31. The summed E-state index contributed by atoms with van der Waals surface area (Å²) < 4.78 is 0. The smallest absolute Gasteiger partial charge is 0.313 e. The zero-order chi connectivity index (χ0) is 27.8. The quantitative estimate of drug-likeness (QED) is 0.137. The summed E-state index contributed by atoms with van der Waals surface area (Å²) in [6, 6.07) is -1.93. The highest BCUT2D eigenvalue weighted by Crippen LogP contribution is 2.08. The van der Waals surface area contributed by atoms with Crippen LogP contribution in [0.1, 0.15) is 57.9 Å². The van der Waals surface area contributed by atoms with E-state index in [-0.39, 0.29) is 36.5 Å². The number of aromatic nitrogens is 2. The van der Waals surface area contributed by atoms with Crippen LogP contribution in [0.5, 0.6) is 6.01 Å². The van der Waals surface area contributed by atoms with Gasteiger partial charge in [0.05, 0.1) is 12.1 Å². The molecule has 0 unspecified atom stereocenters. The second-order valence-corrected chi connectivity index (χ2v) is 9.50. The number of hydrogen-bond donors (Lipinski definition) is 4. The summed E-state index contributed by atoms with van der Waals surface area (Å²) in [4.78, 5) is 58.8. The fourth-order valence-electron chi connectivity index (χ4n) is 3.31. The van der Waals surface area contributed by atoms with E-state index in [0.717, 1.165) is 13.0 Å². The lowest BCUT2D eigenvalue weighted by Crippen LogP contribution is -2.55. The van der Waals surface area contributed by atoms with E-state index in [1.54, 1.807) is 0 Å². The molecule has 0 aromatic carbocycles. The van der Waals surface area contributed by atoms with Crippen LogP contribution in [0.3, 0.4) is 0 Å². The van der Waals surface area contributed by atoms with Crippen molar-refractivity contribution in [1.29, 1.82) is 0 Å². The second-order valence-electron chi connectivity index (χ2n) is 9.50. The summed E-state index contributed by atoms with van der Waals surface area (Å²) in [6.07, 6.45) is 5.94. The third kappa shape index (κ3) is 14.0. The number of hydrogen-bond acceptors (Lipinski definition) is 8. The average Bonchev–Trinajstić information content (AvgIpc) is 2.83. The molecule has 0 saturated heterocycles. The Morgan fingerprint density at radius 3 is 2.32 bits per heavy atom. The fraction of sp³-hybridized carbons (Fsp3) is 0.600. The van der Waals surface area contributed by atoms with Crippen molar-refractivity contribution < 1.29 is 24.3 Å². The Kier molecular flexibility index (Phi) is 14.6. The molecule has 1 aromatic heterocycles. The number of carbonyl (C=O) groups excluding carboxylic acids is 4. The van der Waals surface area contributed by atoms with Gasteiger partial charge in [-0.15, -0.1) is 0 Å². The van der Waals surface area contributed by atoms with Gasteiger partial charge in [-0.2, -0.15) is 0 Å². The molecule has 4 N–H and O–H groups in total. The van der Waals surface area contributed by atoms with Crippen molar-refractivity contribution in [1.82, 2.24) is 30.8 Å². The maximum atomic E-state index is 13.0. The predicted octanol–water partition coefficient (Wildman–Crippen LogP) is -0.663. The van der Waals surface area contributed by atoms with Crippen LogP contribution < -0.4 is 16.0 Å². The monoisotopic (exact) mass is 514 g/mol. The lowest BCUT2D eigenvalue weighted by Gasteiger charge is -2.25. The Morgan fingerprint density at radius 2 is 1.73 bits per heavy atom. The van der Waals surface area contributed by atoms with Crippen LogP contribution in [0.4, 0.5) is 0 Å². The van der Waals surface area contributed by atoms with Gasteiger partial charge >= 0.3 is 6.01 Å². The summed E-state index contributed by atoms with van der Waals surface area (Å²) in [7, 11) is 5.31. The van der Waals surface area contributed by atoms with E-state index < -0.39 is 23.9 Å². The van der Waals surface area contributed by atoms with Gasteiger partial charge in [0.2, 0.25) is 17.7 Å². The zero-order valence-electron chi connectivity index (χ0n) is 22.5. The maximum Gasteiger partial charge on any atom is 0.313 e. The largest absolute Gasteiger partial charge is 0.479 e. The van der Waals surface area contributed by atoms with Crippen LogP contribution in [-0.4, -0.2) is 90.5 Å². The molecule has 0 spiro atoms. The highest BCUT2D eigenvalue weighted by molar-refractivity contribution is 6.58. The number of carbonyl (C=O) groups is 4. The molecule has 1 rings (SSSR count). The molecule has 3 amide bonds. The SMILES string of the molecule is BC(=O)CNC(=O)[C@H](CCCCN(C)C)NC(=O)[C@@H](NC(=O)CCCC#Cc1cnc(O)nc1)C(C)C. The molecule has 12 heteroatoms. The first-order valence-corrected chi connectivity index (χ1v) is 12.5. The first-order chi connectivity index (χ1) is 17.5. The van der Waals surface area contributed by atoms with E-state index >= 15 is 0 Å². The number of aromatic hydroxyl groups is 1. The van der Waals surface area contributed by atoms with Crippen LogP contribution >= 0.6 is 0 Å². The van der Waals surface area contributed by atoms with Crippen molar-refractivity contribution in [2.24, 2.45) is 5.92 Å². The lowest BCUT2D eigenvalue weighted by molar-refractivity contribution is -0.133. The first-order valence-electron chi connectivity index (χ1n) is 12.5. The third-order valence-corrected chi connectivity index (χ3v) is 5.33. The van der Waals surface area contributed by atoms with E-state index in [0.29, 0.717) is 31.2 Å². The molecule has 0 fully saturated rings. The van der Waals surface area contributed by atoms with E-state index in [1.807, 2.05) is 32.8 Å². The van der Waals surface area contributed by atoms with Crippen LogP contribution in [0.15, 0.2) is 12.4 Å². The molecular weight excluding hydrogens is 475 g/mol. The zero-order valence-corrected chi connectivity index (χ0v) is 22.5. The molecular formula is C25H39BN6O5. The highest BCUT2D eigenvalue weighted by atomic mass is 16.3. The number of nitrogens with zero attached hydrogens (tertiary/aromatic N) is 3. The van der Waals surface area contributed by atoms with Crippen molar-refractivity contribution in [3.8, 4) is 17.9 Å². The summed E-state index contributed by atoms with van der Waals surface area (Å²) >= 11 is 0. The summed E-state index contributed by atoms with van der Waals surface area (Å²) in [5.74, 6) is 4.44. The minimum Gasteiger partial charge on any atom is -0.479 e. The van der Waals surface area contributed by atoms with Gasteiger partial charge in [0, 0.05) is 25.2 Å². The first kappa shape index (κ1) is 31.6. The molecule has 37 heavy (non-hydrogen) atoms. The van der Waals surface area contributed by atoms with Gasteiger partial charge in [0.1, 0.15) is 17.8 Å². The minimum atomic E-state index is -0.808. The Labute approximate surface area is 220 Å². The Bertz CT molecular complexity index is 959. The standard InChI is InChI=1S/C25H39BN6O5/c1-17(2)22(31-21(34)12-7-5-6-10-18-14-28-25(37)29-15-18)24(36)30-19(11-8-9-13-32(3)4)23(35)27-16-20(26)33/h14-15,17,19,22H,5,7-9,11-13,16,26H2,1-4H3,(H,27,35)(H,30,36)(H,31,34)(H,28,29,37)/t19-,22-/m0/s1. The molecule has 2 atom stereocenters. The van der Waals surface area contributed by atoms with Gasteiger partial charge in [0.15, 0.2) is 7.85 Å². The van der Waals surface area contributed by atoms with Crippen LogP contribution in [0.2, 0.25) is 0 Å². The minimum absolute atomic E-state index is 0.101.